The van der Waals surface area contributed by atoms with Crippen LogP contribution in [0, 0.1) is 25.7 Å². The first kappa shape index (κ1) is 13.1. The topological polar surface area (TPSA) is 63.8 Å². The van der Waals surface area contributed by atoms with Crippen LogP contribution in [0.1, 0.15) is 44.5 Å². The van der Waals surface area contributed by atoms with Crippen molar-refractivity contribution in [3.63, 3.8) is 0 Å². The summed E-state index contributed by atoms with van der Waals surface area (Å²) in [4.78, 5) is 8.67. The SMILES string of the molecule is CCC1CCC(Nc2nc(C)nc(N)c2C)C1C. The Hall–Kier alpha value is -1.32. The Labute approximate surface area is 109 Å². The molecule has 0 aromatic carbocycles. The molecule has 0 radical (unpaired) electrons. The Morgan fingerprint density at radius 3 is 2.61 bits per heavy atom. The summed E-state index contributed by atoms with van der Waals surface area (Å²) in [6.45, 7) is 8.48. The highest BCUT2D eigenvalue weighted by Crippen LogP contribution is 2.36. The number of hydrogen-bond donors (Lipinski definition) is 2. The standard InChI is InChI=1S/C14H24N4/c1-5-11-6-7-12(8(11)2)18-14-9(3)13(15)16-10(4)17-14/h8,11-12H,5-7H2,1-4H3,(H3,15,16,17,18). The Morgan fingerprint density at radius 1 is 1.28 bits per heavy atom. The number of aryl methyl sites for hydroxylation is 1. The second kappa shape index (κ2) is 5.12. The number of hydrogen-bond acceptors (Lipinski definition) is 4. The summed E-state index contributed by atoms with van der Waals surface area (Å²) < 4.78 is 0. The lowest BCUT2D eigenvalue weighted by molar-refractivity contribution is 0.391. The molecule has 0 amide bonds. The summed E-state index contributed by atoms with van der Waals surface area (Å²) in [6, 6.07) is 0.516. The summed E-state index contributed by atoms with van der Waals surface area (Å²) in [5.41, 5.74) is 6.86. The summed E-state index contributed by atoms with van der Waals surface area (Å²) in [7, 11) is 0. The van der Waals surface area contributed by atoms with Crippen LogP contribution in [0.4, 0.5) is 11.6 Å². The van der Waals surface area contributed by atoms with Gasteiger partial charge in [0.1, 0.15) is 17.5 Å². The molecule has 3 atom stereocenters. The van der Waals surface area contributed by atoms with Crippen molar-refractivity contribution < 1.29 is 0 Å². The van der Waals surface area contributed by atoms with Crippen LogP contribution in [0.25, 0.3) is 0 Å². The van der Waals surface area contributed by atoms with E-state index in [1.54, 1.807) is 0 Å². The second-order valence-electron chi connectivity index (χ2n) is 5.49. The fourth-order valence-corrected chi connectivity index (χ4v) is 2.99. The summed E-state index contributed by atoms with van der Waals surface area (Å²) in [5.74, 6) is 3.77. The molecule has 1 fully saturated rings. The lowest BCUT2D eigenvalue weighted by Gasteiger charge is -2.22. The van der Waals surface area contributed by atoms with Crippen molar-refractivity contribution in [1.82, 2.24) is 9.97 Å². The van der Waals surface area contributed by atoms with Crippen LogP contribution in [-0.2, 0) is 0 Å². The third-order valence-corrected chi connectivity index (χ3v) is 4.37. The third kappa shape index (κ3) is 2.42. The van der Waals surface area contributed by atoms with Gasteiger partial charge in [-0.1, -0.05) is 20.3 Å². The van der Waals surface area contributed by atoms with Gasteiger partial charge in [-0.25, -0.2) is 9.97 Å². The van der Waals surface area contributed by atoms with Gasteiger partial charge in [0.2, 0.25) is 0 Å². The largest absolute Gasteiger partial charge is 0.383 e. The summed E-state index contributed by atoms with van der Waals surface area (Å²) >= 11 is 0. The van der Waals surface area contributed by atoms with Crippen molar-refractivity contribution >= 4 is 11.6 Å². The van der Waals surface area contributed by atoms with Gasteiger partial charge in [-0.05, 0) is 38.5 Å². The van der Waals surface area contributed by atoms with Gasteiger partial charge in [0.15, 0.2) is 0 Å². The van der Waals surface area contributed by atoms with Crippen molar-refractivity contribution in [3.05, 3.63) is 11.4 Å². The molecule has 100 valence electrons. The molecule has 1 saturated carbocycles. The molecule has 1 heterocycles. The highest BCUT2D eigenvalue weighted by Gasteiger charge is 2.31. The predicted octanol–water partition coefficient (Wildman–Crippen LogP) is 2.91. The highest BCUT2D eigenvalue weighted by atomic mass is 15.1. The van der Waals surface area contributed by atoms with E-state index in [2.05, 4.69) is 29.1 Å². The minimum absolute atomic E-state index is 0.516. The van der Waals surface area contributed by atoms with E-state index in [-0.39, 0.29) is 0 Å². The fraction of sp³-hybridized carbons (Fsp3) is 0.714. The molecule has 3 N–H and O–H groups in total. The van der Waals surface area contributed by atoms with Crippen LogP contribution in [0.3, 0.4) is 0 Å². The van der Waals surface area contributed by atoms with Crippen molar-refractivity contribution in [1.29, 1.82) is 0 Å². The third-order valence-electron chi connectivity index (χ3n) is 4.37. The number of nitrogens with zero attached hydrogens (tertiary/aromatic N) is 2. The van der Waals surface area contributed by atoms with Gasteiger partial charge in [0.25, 0.3) is 0 Å². The van der Waals surface area contributed by atoms with Gasteiger partial charge in [0.05, 0.1) is 0 Å². The molecule has 1 aromatic rings. The number of anilines is 2. The first-order valence-corrected chi connectivity index (χ1v) is 6.90. The van der Waals surface area contributed by atoms with E-state index in [0.717, 1.165) is 23.1 Å². The molecular weight excluding hydrogens is 224 g/mol. The Balaban J connectivity index is 2.15. The van der Waals surface area contributed by atoms with Crippen LogP contribution in [0.2, 0.25) is 0 Å². The summed E-state index contributed by atoms with van der Waals surface area (Å²) in [5, 5.41) is 3.57. The lowest BCUT2D eigenvalue weighted by atomic mass is 9.93. The first-order valence-electron chi connectivity index (χ1n) is 6.90. The minimum Gasteiger partial charge on any atom is -0.383 e. The molecule has 0 saturated heterocycles. The Bertz CT molecular complexity index is 430. The van der Waals surface area contributed by atoms with Crippen LogP contribution >= 0.6 is 0 Å². The maximum absolute atomic E-state index is 5.89. The van der Waals surface area contributed by atoms with Gasteiger partial charge in [0, 0.05) is 11.6 Å². The number of nitrogen functional groups attached to an aromatic ring is 1. The zero-order valence-corrected chi connectivity index (χ0v) is 11.8. The Morgan fingerprint density at radius 2 is 2.00 bits per heavy atom. The molecule has 1 aromatic heterocycles. The maximum atomic E-state index is 5.89. The average Bonchev–Trinajstić information content (AvgIpc) is 2.67. The fourth-order valence-electron chi connectivity index (χ4n) is 2.99. The highest BCUT2D eigenvalue weighted by molar-refractivity contribution is 5.55. The van der Waals surface area contributed by atoms with E-state index in [4.69, 9.17) is 5.73 Å². The van der Waals surface area contributed by atoms with Gasteiger partial charge < -0.3 is 11.1 Å². The molecule has 0 aliphatic heterocycles. The normalized spacial score (nSPS) is 27.4. The van der Waals surface area contributed by atoms with E-state index < -0.39 is 0 Å². The van der Waals surface area contributed by atoms with Crippen molar-refractivity contribution in [3.8, 4) is 0 Å². The number of rotatable bonds is 3. The minimum atomic E-state index is 0.516. The van der Waals surface area contributed by atoms with Crippen LogP contribution < -0.4 is 11.1 Å². The quantitative estimate of drug-likeness (QED) is 0.863. The van der Waals surface area contributed by atoms with E-state index in [1.807, 2.05) is 13.8 Å². The lowest BCUT2D eigenvalue weighted by Crippen LogP contribution is -2.26. The molecule has 4 nitrogen and oxygen atoms in total. The molecule has 0 bridgehead atoms. The molecular formula is C14H24N4. The molecule has 4 heteroatoms. The molecule has 2 rings (SSSR count). The van der Waals surface area contributed by atoms with E-state index >= 15 is 0 Å². The average molecular weight is 248 g/mol. The van der Waals surface area contributed by atoms with Crippen molar-refractivity contribution in [2.45, 2.75) is 53.0 Å². The van der Waals surface area contributed by atoms with E-state index in [1.165, 1.54) is 19.3 Å². The van der Waals surface area contributed by atoms with Crippen LogP contribution in [-0.4, -0.2) is 16.0 Å². The molecule has 1 aliphatic carbocycles. The van der Waals surface area contributed by atoms with Crippen molar-refractivity contribution in [2.75, 3.05) is 11.1 Å². The zero-order valence-electron chi connectivity index (χ0n) is 11.8. The number of nitrogens with one attached hydrogen (secondary N) is 1. The van der Waals surface area contributed by atoms with E-state index in [0.29, 0.717) is 17.8 Å². The van der Waals surface area contributed by atoms with Gasteiger partial charge in [-0.3, -0.25) is 0 Å². The molecule has 1 aliphatic rings. The number of aromatic nitrogens is 2. The van der Waals surface area contributed by atoms with Gasteiger partial charge in [-0.2, -0.15) is 0 Å². The van der Waals surface area contributed by atoms with E-state index in [9.17, 15) is 0 Å². The predicted molar refractivity (Wildman–Crippen MR) is 75.5 cm³/mol. The molecule has 18 heavy (non-hydrogen) atoms. The van der Waals surface area contributed by atoms with Gasteiger partial charge in [-0.15, -0.1) is 0 Å². The smallest absolute Gasteiger partial charge is 0.134 e. The molecule has 0 spiro atoms. The zero-order chi connectivity index (χ0) is 13.3. The number of nitrogens with two attached hydrogens (primary N) is 1. The Kier molecular flexibility index (Phi) is 3.73. The summed E-state index contributed by atoms with van der Waals surface area (Å²) in [6.07, 6.45) is 3.80. The van der Waals surface area contributed by atoms with Crippen LogP contribution in [0.5, 0.6) is 0 Å². The van der Waals surface area contributed by atoms with Gasteiger partial charge >= 0.3 is 0 Å². The molecule has 3 unspecified atom stereocenters. The maximum Gasteiger partial charge on any atom is 0.134 e. The van der Waals surface area contributed by atoms with Crippen LogP contribution in [0.15, 0.2) is 0 Å². The van der Waals surface area contributed by atoms with Crippen molar-refractivity contribution in [2.24, 2.45) is 11.8 Å². The second-order valence-corrected chi connectivity index (χ2v) is 5.49. The first-order chi connectivity index (χ1) is 8.52. The monoisotopic (exact) mass is 248 g/mol.